The van der Waals surface area contributed by atoms with E-state index in [1.165, 1.54) is 18.2 Å². The zero-order valence-electron chi connectivity index (χ0n) is 10.3. The molecule has 0 fully saturated rings. The normalized spacial score (nSPS) is 11.7. The van der Waals surface area contributed by atoms with E-state index in [2.05, 4.69) is 10.3 Å². The van der Waals surface area contributed by atoms with E-state index in [0.717, 1.165) is 5.01 Å². The van der Waals surface area contributed by atoms with Gasteiger partial charge < -0.3 is 10.4 Å². The summed E-state index contributed by atoms with van der Waals surface area (Å²) in [5.74, 6) is -0.254. The molecule has 0 spiro atoms. The minimum atomic E-state index is -0.350. The van der Waals surface area contributed by atoms with E-state index in [4.69, 9.17) is 0 Å². The molecule has 1 heterocycles. The molecule has 3 nitrogen and oxygen atoms in total. The third kappa shape index (κ3) is 2.86. The summed E-state index contributed by atoms with van der Waals surface area (Å²) in [4.78, 5) is 4.26. The van der Waals surface area contributed by atoms with E-state index < -0.39 is 0 Å². The fraction of sp³-hybridized carbons (Fsp3) is 0.308. The van der Waals surface area contributed by atoms with E-state index in [1.54, 1.807) is 17.5 Å². The number of hydrogen-bond donors (Lipinski definition) is 2. The van der Waals surface area contributed by atoms with Crippen LogP contribution in [-0.4, -0.2) is 10.1 Å². The highest BCUT2D eigenvalue weighted by Gasteiger charge is 2.22. The maximum Gasteiger partial charge on any atom is 0.123 e. The van der Waals surface area contributed by atoms with Crippen LogP contribution in [0.5, 0.6) is 5.75 Å². The molecule has 2 aromatic rings. The number of rotatable bonds is 4. The molecule has 96 valence electrons. The second-order valence-electron chi connectivity index (χ2n) is 4.59. The fourth-order valence-electron chi connectivity index (χ4n) is 1.62. The van der Waals surface area contributed by atoms with Crippen LogP contribution < -0.4 is 5.32 Å². The number of aromatic hydroxyl groups is 1. The average molecular weight is 266 g/mol. The van der Waals surface area contributed by atoms with Crippen LogP contribution >= 0.6 is 11.3 Å². The van der Waals surface area contributed by atoms with Crippen LogP contribution in [0.3, 0.4) is 0 Å². The van der Waals surface area contributed by atoms with Crippen molar-refractivity contribution in [2.45, 2.75) is 25.9 Å². The van der Waals surface area contributed by atoms with Gasteiger partial charge in [0.25, 0.3) is 0 Å². The van der Waals surface area contributed by atoms with Crippen molar-refractivity contribution in [1.82, 2.24) is 10.3 Å². The predicted octanol–water partition coefficient (Wildman–Crippen LogP) is 3.01. The first-order valence-electron chi connectivity index (χ1n) is 5.61. The van der Waals surface area contributed by atoms with Gasteiger partial charge in [-0.05, 0) is 32.0 Å². The molecule has 5 heteroatoms. The molecule has 0 saturated carbocycles. The molecule has 0 saturated heterocycles. The Morgan fingerprint density at radius 3 is 2.89 bits per heavy atom. The molecule has 2 rings (SSSR count). The van der Waals surface area contributed by atoms with E-state index in [9.17, 15) is 9.50 Å². The number of thiazole rings is 1. The first-order valence-corrected chi connectivity index (χ1v) is 6.49. The lowest BCUT2D eigenvalue weighted by molar-refractivity contribution is 0.390. The van der Waals surface area contributed by atoms with Gasteiger partial charge in [0.1, 0.15) is 16.6 Å². The minimum Gasteiger partial charge on any atom is -0.508 e. The standard InChI is InChI=1S/C13H15FN2OS/c1-13(2,12-15-5-6-18-12)16-8-9-7-10(14)3-4-11(9)17/h3-7,16-17H,8H2,1-2H3. The summed E-state index contributed by atoms with van der Waals surface area (Å²) in [6.07, 6.45) is 1.75. The number of nitrogens with zero attached hydrogens (tertiary/aromatic N) is 1. The molecule has 2 N–H and O–H groups in total. The summed E-state index contributed by atoms with van der Waals surface area (Å²) in [6, 6.07) is 3.94. The molecule has 0 aliphatic carbocycles. The van der Waals surface area contributed by atoms with Crippen LogP contribution in [0.15, 0.2) is 29.8 Å². The zero-order valence-corrected chi connectivity index (χ0v) is 11.1. The Kier molecular flexibility index (Phi) is 3.63. The van der Waals surface area contributed by atoms with Crippen LogP contribution in [0.2, 0.25) is 0 Å². The second-order valence-corrected chi connectivity index (χ2v) is 5.48. The summed E-state index contributed by atoms with van der Waals surface area (Å²) in [7, 11) is 0. The predicted molar refractivity (Wildman–Crippen MR) is 70.0 cm³/mol. The van der Waals surface area contributed by atoms with Gasteiger partial charge in [-0.1, -0.05) is 0 Å². The Balaban J connectivity index is 2.09. The van der Waals surface area contributed by atoms with Crippen LogP contribution in [0.4, 0.5) is 4.39 Å². The van der Waals surface area contributed by atoms with Gasteiger partial charge in [-0.15, -0.1) is 11.3 Å². The zero-order chi connectivity index (χ0) is 13.2. The van der Waals surface area contributed by atoms with Crippen molar-refractivity contribution in [3.8, 4) is 5.75 Å². The molecular weight excluding hydrogens is 251 g/mol. The maximum absolute atomic E-state index is 13.1. The Morgan fingerprint density at radius 2 is 2.22 bits per heavy atom. The maximum atomic E-state index is 13.1. The van der Waals surface area contributed by atoms with E-state index in [0.29, 0.717) is 12.1 Å². The van der Waals surface area contributed by atoms with E-state index in [1.807, 2.05) is 19.2 Å². The van der Waals surface area contributed by atoms with Crippen molar-refractivity contribution in [1.29, 1.82) is 0 Å². The van der Waals surface area contributed by atoms with Gasteiger partial charge in [-0.25, -0.2) is 9.37 Å². The molecule has 0 radical (unpaired) electrons. The lowest BCUT2D eigenvalue weighted by Gasteiger charge is -2.24. The molecular formula is C13H15FN2OS. The third-order valence-electron chi connectivity index (χ3n) is 2.73. The summed E-state index contributed by atoms with van der Waals surface area (Å²) >= 11 is 1.56. The first kappa shape index (κ1) is 13.0. The van der Waals surface area contributed by atoms with E-state index >= 15 is 0 Å². The summed E-state index contributed by atoms with van der Waals surface area (Å²) in [5.41, 5.74) is 0.229. The lowest BCUT2D eigenvalue weighted by Crippen LogP contribution is -2.35. The third-order valence-corrected chi connectivity index (χ3v) is 3.83. The van der Waals surface area contributed by atoms with Crippen molar-refractivity contribution in [2.75, 3.05) is 0 Å². The van der Waals surface area contributed by atoms with Crippen LogP contribution in [0, 0.1) is 5.82 Å². The second kappa shape index (κ2) is 5.04. The monoisotopic (exact) mass is 266 g/mol. The van der Waals surface area contributed by atoms with Crippen LogP contribution in [0.1, 0.15) is 24.4 Å². The molecule has 0 amide bonds. The topological polar surface area (TPSA) is 45.1 Å². The molecule has 1 aromatic heterocycles. The molecule has 0 unspecified atom stereocenters. The molecule has 0 aliphatic rings. The van der Waals surface area contributed by atoms with E-state index in [-0.39, 0.29) is 17.1 Å². The van der Waals surface area contributed by atoms with Crippen LogP contribution in [0.25, 0.3) is 0 Å². The molecule has 0 atom stereocenters. The highest BCUT2D eigenvalue weighted by Crippen LogP contribution is 2.24. The van der Waals surface area contributed by atoms with Gasteiger partial charge in [0.15, 0.2) is 0 Å². The minimum absolute atomic E-state index is 0.0961. The van der Waals surface area contributed by atoms with Crippen molar-refractivity contribution in [3.05, 3.63) is 46.2 Å². The average Bonchev–Trinajstić information content (AvgIpc) is 2.85. The van der Waals surface area contributed by atoms with Gasteiger partial charge in [0.05, 0.1) is 5.54 Å². The smallest absolute Gasteiger partial charge is 0.123 e. The quantitative estimate of drug-likeness (QED) is 0.894. The lowest BCUT2D eigenvalue weighted by atomic mass is 10.1. The van der Waals surface area contributed by atoms with Crippen molar-refractivity contribution in [2.24, 2.45) is 0 Å². The largest absolute Gasteiger partial charge is 0.508 e. The highest BCUT2D eigenvalue weighted by atomic mass is 32.1. The number of aromatic nitrogens is 1. The number of hydrogen-bond acceptors (Lipinski definition) is 4. The fourth-order valence-corrected chi connectivity index (χ4v) is 2.36. The van der Waals surface area contributed by atoms with Crippen molar-refractivity contribution < 1.29 is 9.50 Å². The van der Waals surface area contributed by atoms with Crippen molar-refractivity contribution >= 4 is 11.3 Å². The number of halogens is 1. The van der Waals surface area contributed by atoms with Gasteiger partial charge in [-0.3, -0.25) is 0 Å². The Bertz CT molecular complexity index is 526. The molecule has 0 aliphatic heterocycles. The van der Waals surface area contributed by atoms with Crippen molar-refractivity contribution in [3.63, 3.8) is 0 Å². The number of benzene rings is 1. The molecule has 0 bridgehead atoms. The van der Waals surface area contributed by atoms with Gasteiger partial charge in [0, 0.05) is 23.7 Å². The van der Waals surface area contributed by atoms with Gasteiger partial charge in [0.2, 0.25) is 0 Å². The SMILES string of the molecule is CC(C)(NCc1cc(F)ccc1O)c1nccs1. The summed E-state index contributed by atoms with van der Waals surface area (Å²) in [5, 5.41) is 15.8. The Hall–Kier alpha value is -1.46. The Morgan fingerprint density at radius 1 is 1.44 bits per heavy atom. The van der Waals surface area contributed by atoms with Gasteiger partial charge in [-0.2, -0.15) is 0 Å². The number of phenolic OH excluding ortho intramolecular Hbond substituents is 1. The highest BCUT2D eigenvalue weighted by molar-refractivity contribution is 7.09. The summed E-state index contributed by atoms with van der Waals surface area (Å²) < 4.78 is 13.1. The van der Waals surface area contributed by atoms with Gasteiger partial charge >= 0.3 is 0 Å². The Labute approximate surface area is 109 Å². The van der Waals surface area contributed by atoms with Crippen LogP contribution in [-0.2, 0) is 12.1 Å². The number of nitrogens with one attached hydrogen (secondary N) is 1. The molecule has 1 aromatic carbocycles. The first-order chi connectivity index (χ1) is 8.49. The number of phenols is 1. The summed E-state index contributed by atoms with van der Waals surface area (Å²) in [6.45, 7) is 4.39. The molecule has 18 heavy (non-hydrogen) atoms.